The van der Waals surface area contributed by atoms with Crippen LogP contribution in [-0.2, 0) is 9.84 Å². The molecule has 1 unspecified atom stereocenters. The van der Waals surface area contributed by atoms with Crippen molar-refractivity contribution in [2.45, 2.75) is 26.3 Å². The van der Waals surface area contributed by atoms with Crippen LogP contribution in [0.1, 0.15) is 17.7 Å². The fourth-order valence-corrected chi connectivity index (χ4v) is 4.47. The minimum absolute atomic E-state index is 0.106. The van der Waals surface area contributed by atoms with Gasteiger partial charge in [0.15, 0.2) is 9.84 Å². The summed E-state index contributed by atoms with van der Waals surface area (Å²) < 4.78 is 23.1. The van der Waals surface area contributed by atoms with Gasteiger partial charge in [0, 0.05) is 28.5 Å². The quantitative estimate of drug-likeness (QED) is 0.865. The topological polar surface area (TPSA) is 84.0 Å². The van der Waals surface area contributed by atoms with Crippen molar-refractivity contribution in [3.8, 4) is 0 Å². The van der Waals surface area contributed by atoms with Crippen LogP contribution in [0.3, 0.4) is 0 Å². The zero-order valence-electron chi connectivity index (χ0n) is 13.5. The van der Waals surface area contributed by atoms with E-state index in [2.05, 4.69) is 20.6 Å². The molecule has 2 heterocycles. The first-order chi connectivity index (χ1) is 11.3. The number of halogens is 1. The van der Waals surface area contributed by atoms with E-state index < -0.39 is 9.84 Å². The number of nitrogens with one attached hydrogen (secondary N) is 2. The van der Waals surface area contributed by atoms with Gasteiger partial charge in [0.25, 0.3) is 0 Å². The lowest BCUT2D eigenvalue weighted by Gasteiger charge is -2.14. The van der Waals surface area contributed by atoms with Crippen LogP contribution in [0.2, 0.25) is 5.02 Å². The molecule has 1 aromatic heterocycles. The average Bonchev–Trinajstić information content (AvgIpc) is 2.81. The number of aryl methyl sites for hydroxylation is 2. The summed E-state index contributed by atoms with van der Waals surface area (Å²) in [6.07, 6.45) is 0.599. The summed E-state index contributed by atoms with van der Waals surface area (Å²) in [4.78, 5) is 8.78. The highest BCUT2D eigenvalue weighted by Gasteiger charge is 2.28. The van der Waals surface area contributed by atoms with E-state index in [0.717, 1.165) is 16.9 Å². The number of anilines is 3. The third-order valence-electron chi connectivity index (χ3n) is 3.87. The van der Waals surface area contributed by atoms with Gasteiger partial charge < -0.3 is 10.6 Å². The molecule has 1 aliphatic rings. The molecule has 3 rings (SSSR count). The second kappa shape index (κ2) is 6.57. The molecule has 1 fully saturated rings. The molecule has 128 valence electrons. The van der Waals surface area contributed by atoms with Crippen molar-refractivity contribution in [3.63, 3.8) is 0 Å². The fourth-order valence-electron chi connectivity index (χ4n) is 2.62. The van der Waals surface area contributed by atoms with Crippen LogP contribution in [0.5, 0.6) is 0 Å². The van der Waals surface area contributed by atoms with Crippen LogP contribution in [0.15, 0.2) is 24.3 Å². The lowest BCUT2D eigenvalue weighted by molar-refractivity contribution is 0.602. The number of rotatable bonds is 4. The summed E-state index contributed by atoms with van der Waals surface area (Å²) in [6, 6.07) is 7.34. The van der Waals surface area contributed by atoms with E-state index in [4.69, 9.17) is 11.6 Å². The highest BCUT2D eigenvalue weighted by atomic mass is 35.5. The summed E-state index contributed by atoms with van der Waals surface area (Å²) in [6.45, 7) is 3.80. The van der Waals surface area contributed by atoms with Gasteiger partial charge in [0.2, 0.25) is 5.95 Å². The SMILES string of the molecule is Cc1cc(NC2CCS(=O)(=O)C2)nc(Nc2ccc(C)c(Cl)c2)n1. The van der Waals surface area contributed by atoms with Crippen LogP contribution in [0.4, 0.5) is 17.5 Å². The van der Waals surface area contributed by atoms with Crippen LogP contribution in [0, 0.1) is 13.8 Å². The van der Waals surface area contributed by atoms with E-state index in [1.54, 1.807) is 6.07 Å². The lowest BCUT2D eigenvalue weighted by Crippen LogP contribution is -2.21. The summed E-state index contributed by atoms with van der Waals surface area (Å²) in [5.41, 5.74) is 2.58. The Bertz CT molecular complexity index is 870. The minimum atomic E-state index is -2.93. The Morgan fingerprint density at radius 2 is 2.00 bits per heavy atom. The van der Waals surface area contributed by atoms with Crippen molar-refractivity contribution in [2.24, 2.45) is 0 Å². The highest BCUT2D eigenvalue weighted by molar-refractivity contribution is 7.91. The predicted octanol–water partition coefficient (Wildman–Crippen LogP) is 3.09. The molecular weight excluding hydrogens is 348 g/mol. The molecule has 24 heavy (non-hydrogen) atoms. The van der Waals surface area contributed by atoms with E-state index >= 15 is 0 Å². The van der Waals surface area contributed by atoms with Gasteiger partial charge in [-0.05, 0) is 38.0 Å². The first-order valence-electron chi connectivity index (χ1n) is 7.66. The molecule has 1 atom stereocenters. The molecule has 0 amide bonds. The van der Waals surface area contributed by atoms with Gasteiger partial charge in [-0.3, -0.25) is 0 Å². The molecular formula is C16H19ClN4O2S. The van der Waals surface area contributed by atoms with Crippen LogP contribution in [0.25, 0.3) is 0 Å². The molecule has 2 aromatic rings. The van der Waals surface area contributed by atoms with Gasteiger partial charge in [0.05, 0.1) is 11.5 Å². The molecule has 1 saturated heterocycles. The molecule has 0 spiro atoms. The van der Waals surface area contributed by atoms with E-state index in [1.165, 1.54) is 0 Å². The zero-order chi connectivity index (χ0) is 17.3. The maximum Gasteiger partial charge on any atom is 0.229 e. The van der Waals surface area contributed by atoms with Crippen LogP contribution < -0.4 is 10.6 Å². The Hall–Kier alpha value is -1.86. The molecule has 0 aliphatic carbocycles. The first-order valence-corrected chi connectivity index (χ1v) is 9.86. The minimum Gasteiger partial charge on any atom is -0.366 e. The predicted molar refractivity (Wildman–Crippen MR) is 96.9 cm³/mol. The number of hydrogen-bond donors (Lipinski definition) is 2. The maximum absolute atomic E-state index is 11.6. The molecule has 0 saturated carbocycles. The number of nitrogens with zero attached hydrogens (tertiary/aromatic N) is 2. The molecule has 1 aromatic carbocycles. The van der Waals surface area contributed by atoms with E-state index in [1.807, 2.05) is 32.0 Å². The van der Waals surface area contributed by atoms with E-state index in [-0.39, 0.29) is 17.5 Å². The van der Waals surface area contributed by atoms with Gasteiger partial charge in [-0.15, -0.1) is 0 Å². The molecule has 1 aliphatic heterocycles. The van der Waals surface area contributed by atoms with Crippen molar-refractivity contribution >= 4 is 38.9 Å². The average molecular weight is 367 g/mol. The molecule has 0 radical (unpaired) electrons. The van der Waals surface area contributed by atoms with Crippen LogP contribution in [-0.4, -0.2) is 35.9 Å². The number of benzene rings is 1. The highest BCUT2D eigenvalue weighted by Crippen LogP contribution is 2.23. The molecule has 0 bridgehead atoms. The largest absolute Gasteiger partial charge is 0.366 e. The fraction of sp³-hybridized carbons (Fsp3) is 0.375. The Labute approximate surface area is 146 Å². The van der Waals surface area contributed by atoms with Crippen molar-refractivity contribution in [3.05, 3.63) is 40.5 Å². The Morgan fingerprint density at radius 1 is 1.21 bits per heavy atom. The smallest absolute Gasteiger partial charge is 0.229 e. The van der Waals surface area contributed by atoms with Crippen molar-refractivity contribution < 1.29 is 8.42 Å². The second-order valence-corrected chi connectivity index (χ2v) is 8.69. The normalized spacial score (nSPS) is 19.2. The summed E-state index contributed by atoms with van der Waals surface area (Å²) >= 11 is 6.13. The third kappa shape index (κ3) is 4.15. The Kier molecular flexibility index (Phi) is 4.64. The first kappa shape index (κ1) is 17.0. The Morgan fingerprint density at radius 3 is 2.67 bits per heavy atom. The van der Waals surface area contributed by atoms with Gasteiger partial charge in [-0.2, -0.15) is 4.98 Å². The zero-order valence-corrected chi connectivity index (χ0v) is 15.1. The summed E-state index contributed by atoms with van der Waals surface area (Å²) in [5, 5.41) is 6.99. The van der Waals surface area contributed by atoms with Gasteiger partial charge >= 0.3 is 0 Å². The van der Waals surface area contributed by atoms with Gasteiger partial charge in [-0.1, -0.05) is 17.7 Å². The van der Waals surface area contributed by atoms with Crippen molar-refractivity contribution in [1.29, 1.82) is 0 Å². The monoisotopic (exact) mass is 366 g/mol. The molecule has 8 heteroatoms. The number of hydrogen-bond acceptors (Lipinski definition) is 6. The van der Waals surface area contributed by atoms with Gasteiger partial charge in [0.1, 0.15) is 5.82 Å². The molecule has 6 nitrogen and oxygen atoms in total. The van der Waals surface area contributed by atoms with Gasteiger partial charge in [-0.25, -0.2) is 13.4 Å². The Balaban J connectivity index is 1.77. The van der Waals surface area contributed by atoms with Crippen molar-refractivity contribution in [2.75, 3.05) is 22.1 Å². The van der Waals surface area contributed by atoms with Crippen LogP contribution >= 0.6 is 11.6 Å². The molecule has 2 N–H and O–H groups in total. The van der Waals surface area contributed by atoms with E-state index in [9.17, 15) is 8.42 Å². The summed E-state index contributed by atoms with van der Waals surface area (Å²) in [7, 11) is -2.93. The number of sulfone groups is 1. The standard InChI is InChI=1S/C16H19ClN4O2S/c1-10-3-4-12(8-14(10)17)20-16-18-11(2)7-15(21-16)19-13-5-6-24(22,23)9-13/h3-4,7-8,13H,5-6,9H2,1-2H3,(H2,18,19,20,21). The number of aromatic nitrogens is 2. The van der Waals surface area contributed by atoms with E-state index in [0.29, 0.717) is 23.2 Å². The lowest BCUT2D eigenvalue weighted by atomic mass is 10.2. The second-order valence-electron chi connectivity index (χ2n) is 6.05. The summed E-state index contributed by atoms with van der Waals surface area (Å²) in [5.74, 6) is 1.43. The van der Waals surface area contributed by atoms with Crippen molar-refractivity contribution in [1.82, 2.24) is 9.97 Å². The third-order valence-corrected chi connectivity index (χ3v) is 6.04. The maximum atomic E-state index is 11.6.